The van der Waals surface area contributed by atoms with Crippen LogP contribution in [0.15, 0.2) is 158 Å². The molecule has 2 aromatic heterocycles. The Hall–Kier alpha value is -5.73. The van der Waals surface area contributed by atoms with Crippen LogP contribution in [0.3, 0.4) is 0 Å². The van der Waals surface area contributed by atoms with Crippen molar-refractivity contribution in [2.24, 2.45) is 0 Å². The van der Waals surface area contributed by atoms with Gasteiger partial charge >= 0.3 is 0 Å². The Labute approximate surface area is 249 Å². The van der Waals surface area contributed by atoms with Crippen molar-refractivity contribution in [3.05, 3.63) is 158 Å². The molecule has 7 aromatic carbocycles. The second-order valence-electron chi connectivity index (χ2n) is 11.2. The minimum Gasteiger partial charge on any atom is -0.292 e. The van der Waals surface area contributed by atoms with Crippen LogP contribution in [0.5, 0.6) is 0 Å². The number of imidazole rings is 1. The number of para-hydroxylation sites is 3. The first-order valence-corrected chi connectivity index (χ1v) is 14.7. The van der Waals surface area contributed by atoms with Gasteiger partial charge in [-0.15, -0.1) is 0 Å². The fourth-order valence-corrected chi connectivity index (χ4v) is 6.87. The van der Waals surface area contributed by atoms with E-state index in [1.165, 1.54) is 49.2 Å². The number of fused-ring (bicyclic) bond motifs is 7. The maximum absolute atomic E-state index is 5.18. The van der Waals surface area contributed by atoms with Gasteiger partial charge in [0.2, 0.25) is 0 Å². The third kappa shape index (κ3) is 3.63. The molecule has 2 nitrogen and oxygen atoms in total. The van der Waals surface area contributed by atoms with Gasteiger partial charge in [0.1, 0.15) is 5.65 Å². The Bertz CT molecular complexity index is 2490. The second kappa shape index (κ2) is 9.40. The number of nitrogens with zero attached hydrogens (tertiary/aromatic N) is 2. The van der Waals surface area contributed by atoms with Crippen molar-refractivity contribution >= 4 is 49.1 Å². The number of rotatable bonds is 3. The summed E-state index contributed by atoms with van der Waals surface area (Å²) >= 11 is 0. The third-order valence-electron chi connectivity index (χ3n) is 8.74. The summed E-state index contributed by atoms with van der Waals surface area (Å²) in [5.74, 6) is 0. The van der Waals surface area contributed by atoms with E-state index >= 15 is 0 Å². The van der Waals surface area contributed by atoms with Crippen LogP contribution in [-0.4, -0.2) is 9.38 Å². The Morgan fingerprint density at radius 3 is 1.67 bits per heavy atom. The molecule has 9 rings (SSSR count). The van der Waals surface area contributed by atoms with E-state index in [-0.39, 0.29) is 0 Å². The Kier molecular flexibility index (Phi) is 5.23. The summed E-state index contributed by atoms with van der Waals surface area (Å²) in [6.45, 7) is 0. The number of hydrogen-bond donors (Lipinski definition) is 0. The first kappa shape index (κ1) is 23.9. The van der Waals surface area contributed by atoms with Gasteiger partial charge in [-0.2, -0.15) is 0 Å². The highest BCUT2D eigenvalue weighted by Crippen LogP contribution is 2.45. The van der Waals surface area contributed by atoms with Crippen LogP contribution in [0, 0.1) is 0 Å². The van der Waals surface area contributed by atoms with Gasteiger partial charge in [0.05, 0.1) is 16.6 Å². The lowest BCUT2D eigenvalue weighted by Gasteiger charge is -2.19. The van der Waals surface area contributed by atoms with Gasteiger partial charge in [-0.25, -0.2) is 4.98 Å². The molecule has 0 unspecified atom stereocenters. The van der Waals surface area contributed by atoms with Crippen LogP contribution in [-0.2, 0) is 0 Å². The van der Waals surface area contributed by atoms with E-state index in [4.69, 9.17) is 4.98 Å². The van der Waals surface area contributed by atoms with E-state index in [0.29, 0.717) is 0 Å². The van der Waals surface area contributed by atoms with Gasteiger partial charge in [0.25, 0.3) is 0 Å². The van der Waals surface area contributed by atoms with Crippen molar-refractivity contribution in [1.29, 1.82) is 0 Å². The van der Waals surface area contributed by atoms with Gasteiger partial charge < -0.3 is 0 Å². The first-order chi connectivity index (χ1) is 21.3. The lowest BCUT2D eigenvalue weighted by atomic mass is 9.85. The van der Waals surface area contributed by atoms with Crippen LogP contribution in [0.2, 0.25) is 0 Å². The average Bonchev–Trinajstić information content (AvgIpc) is 3.47. The normalized spacial score (nSPS) is 11.7. The molecule has 0 aliphatic rings. The third-order valence-corrected chi connectivity index (χ3v) is 8.74. The molecule has 0 fully saturated rings. The smallest absolute Gasteiger partial charge is 0.146 e. The number of hydrogen-bond acceptors (Lipinski definition) is 1. The van der Waals surface area contributed by atoms with Gasteiger partial charge in [0, 0.05) is 5.56 Å². The van der Waals surface area contributed by atoms with Gasteiger partial charge in [-0.3, -0.25) is 4.40 Å². The molecule has 0 N–H and O–H groups in total. The van der Waals surface area contributed by atoms with Crippen LogP contribution in [0.4, 0.5) is 0 Å². The summed E-state index contributed by atoms with van der Waals surface area (Å²) in [7, 11) is 0. The van der Waals surface area contributed by atoms with Crippen LogP contribution in [0.1, 0.15) is 0 Å². The van der Waals surface area contributed by atoms with E-state index < -0.39 is 0 Å². The predicted octanol–water partition coefficient (Wildman–Crippen LogP) is 10.9. The van der Waals surface area contributed by atoms with Gasteiger partial charge in [0.15, 0.2) is 0 Å². The molecule has 2 heteroatoms. The van der Waals surface area contributed by atoms with Crippen LogP contribution < -0.4 is 0 Å². The second-order valence-corrected chi connectivity index (χ2v) is 11.2. The van der Waals surface area contributed by atoms with Crippen molar-refractivity contribution in [3.63, 3.8) is 0 Å². The van der Waals surface area contributed by atoms with Crippen molar-refractivity contribution in [2.75, 3.05) is 0 Å². The molecule has 0 amide bonds. The van der Waals surface area contributed by atoms with Crippen molar-refractivity contribution in [2.45, 2.75) is 0 Å². The Morgan fingerprint density at radius 2 is 0.953 bits per heavy atom. The molecule has 0 bridgehead atoms. The van der Waals surface area contributed by atoms with E-state index in [0.717, 1.165) is 33.3 Å². The Morgan fingerprint density at radius 1 is 0.395 bits per heavy atom. The molecule has 0 atom stereocenters. The topological polar surface area (TPSA) is 17.3 Å². The van der Waals surface area contributed by atoms with Crippen LogP contribution >= 0.6 is 0 Å². The molecule has 9 aromatic rings. The summed E-state index contributed by atoms with van der Waals surface area (Å²) in [5.41, 5.74) is 11.5. The molecule has 0 aliphatic heterocycles. The maximum atomic E-state index is 5.18. The number of aromatic nitrogens is 2. The van der Waals surface area contributed by atoms with E-state index in [1.807, 2.05) is 0 Å². The molecule has 0 spiro atoms. The molecule has 2 heterocycles. The molecule has 0 saturated carbocycles. The fourth-order valence-electron chi connectivity index (χ4n) is 6.87. The monoisotopic (exact) mass is 546 g/mol. The lowest BCUT2D eigenvalue weighted by Crippen LogP contribution is -1.94. The summed E-state index contributed by atoms with van der Waals surface area (Å²) < 4.78 is 2.32. The van der Waals surface area contributed by atoms with Gasteiger partial charge in [-0.05, 0) is 85.1 Å². The zero-order valence-corrected chi connectivity index (χ0v) is 23.4. The molecule has 200 valence electrons. The van der Waals surface area contributed by atoms with Crippen molar-refractivity contribution < 1.29 is 0 Å². The maximum Gasteiger partial charge on any atom is 0.146 e. The molecular weight excluding hydrogens is 520 g/mol. The minimum atomic E-state index is 0.976. The number of benzene rings is 7. The number of pyridine rings is 1. The molecule has 43 heavy (non-hydrogen) atoms. The Balaban J connectivity index is 1.44. The zero-order chi connectivity index (χ0) is 28.3. The molecule has 0 saturated heterocycles. The van der Waals surface area contributed by atoms with Crippen LogP contribution in [0.25, 0.3) is 82.5 Å². The van der Waals surface area contributed by atoms with Crippen molar-refractivity contribution in [1.82, 2.24) is 9.38 Å². The average molecular weight is 547 g/mol. The lowest BCUT2D eigenvalue weighted by molar-refractivity contribution is 1.30. The largest absolute Gasteiger partial charge is 0.292 e. The standard InChI is InChI=1S/C41H26N2/c1-3-13-27(14-4-1)39-31-18-8-9-19-32(31)40(28-15-5-2-6-16-28)35-25-29(23-24-33(35)39)34-26-30-17-7-11-21-37(30)43-38-22-12-10-20-36(38)42-41(34)43/h1-26H. The fraction of sp³-hybridized carbons (Fsp3) is 0. The van der Waals surface area contributed by atoms with E-state index in [2.05, 4.69) is 162 Å². The zero-order valence-electron chi connectivity index (χ0n) is 23.4. The predicted molar refractivity (Wildman–Crippen MR) is 182 cm³/mol. The SMILES string of the molecule is c1ccc(-c2c3ccccc3c(-c3ccccc3)c3cc(-c4cc5ccccc5n5c4nc4ccccc45)ccc23)cc1. The highest BCUT2D eigenvalue weighted by Gasteiger charge is 2.19. The summed E-state index contributed by atoms with van der Waals surface area (Å²) in [4.78, 5) is 5.18. The summed E-state index contributed by atoms with van der Waals surface area (Å²) in [5, 5.41) is 6.20. The first-order valence-electron chi connectivity index (χ1n) is 14.7. The summed E-state index contributed by atoms with van der Waals surface area (Å²) in [6.07, 6.45) is 0. The quantitative estimate of drug-likeness (QED) is 0.201. The van der Waals surface area contributed by atoms with Crippen molar-refractivity contribution in [3.8, 4) is 33.4 Å². The molecule has 0 aliphatic carbocycles. The molecule has 0 radical (unpaired) electrons. The van der Waals surface area contributed by atoms with E-state index in [1.54, 1.807) is 0 Å². The van der Waals surface area contributed by atoms with E-state index in [9.17, 15) is 0 Å². The summed E-state index contributed by atoms with van der Waals surface area (Å²) in [6, 6.07) is 56.8. The highest BCUT2D eigenvalue weighted by atomic mass is 15.0. The minimum absolute atomic E-state index is 0.976. The molecular formula is C41H26N2. The highest BCUT2D eigenvalue weighted by molar-refractivity contribution is 6.22. The van der Waals surface area contributed by atoms with Gasteiger partial charge in [-0.1, -0.05) is 127 Å².